The van der Waals surface area contributed by atoms with Gasteiger partial charge in [-0.15, -0.1) is 0 Å². The van der Waals surface area contributed by atoms with Gasteiger partial charge < -0.3 is 0 Å². The number of allylic oxidation sites excluding steroid dienone is 4. The van der Waals surface area contributed by atoms with Gasteiger partial charge in [-0.1, -0.05) is 37.6 Å². The molecule has 0 amide bonds. The van der Waals surface area contributed by atoms with E-state index in [9.17, 15) is 0 Å². The van der Waals surface area contributed by atoms with E-state index in [1.165, 1.54) is 5.57 Å². The van der Waals surface area contributed by atoms with Crippen LogP contribution in [0.3, 0.4) is 0 Å². The van der Waals surface area contributed by atoms with Crippen molar-refractivity contribution in [3.8, 4) is 6.07 Å². The van der Waals surface area contributed by atoms with Crippen molar-refractivity contribution in [1.82, 2.24) is 0 Å². The van der Waals surface area contributed by atoms with E-state index >= 15 is 0 Å². The summed E-state index contributed by atoms with van der Waals surface area (Å²) in [6.07, 6.45) is 6.52. The van der Waals surface area contributed by atoms with Crippen molar-refractivity contribution in [2.45, 2.75) is 27.2 Å². The SMILES string of the molecule is C/C=C\C=C(/CC#N)C(C)C. The number of hydrogen-bond acceptors (Lipinski definition) is 1. The largest absolute Gasteiger partial charge is 0.198 e. The van der Waals surface area contributed by atoms with Crippen LogP contribution in [-0.2, 0) is 0 Å². The first-order valence-electron chi connectivity index (χ1n) is 3.91. The Labute approximate surface area is 69.0 Å². The van der Waals surface area contributed by atoms with Crippen LogP contribution >= 0.6 is 0 Å². The summed E-state index contributed by atoms with van der Waals surface area (Å²) in [6, 6.07) is 2.16. The monoisotopic (exact) mass is 149 g/mol. The summed E-state index contributed by atoms with van der Waals surface area (Å²) in [5.74, 6) is 0.478. The maximum Gasteiger partial charge on any atom is 0.0666 e. The van der Waals surface area contributed by atoms with Crippen molar-refractivity contribution in [3.05, 3.63) is 23.8 Å². The molecule has 0 rings (SSSR count). The Morgan fingerprint density at radius 2 is 2.18 bits per heavy atom. The molecule has 0 saturated heterocycles. The van der Waals surface area contributed by atoms with E-state index in [4.69, 9.17) is 5.26 Å². The van der Waals surface area contributed by atoms with E-state index < -0.39 is 0 Å². The van der Waals surface area contributed by atoms with Gasteiger partial charge in [-0.05, 0) is 12.8 Å². The molecule has 0 aliphatic rings. The molecule has 0 heterocycles. The molecular weight excluding hydrogens is 134 g/mol. The smallest absolute Gasteiger partial charge is 0.0666 e. The second-order valence-corrected chi connectivity index (χ2v) is 2.76. The van der Waals surface area contributed by atoms with E-state index in [1.54, 1.807) is 0 Å². The Hall–Kier alpha value is -1.03. The number of hydrogen-bond donors (Lipinski definition) is 0. The van der Waals surface area contributed by atoms with Crippen molar-refractivity contribution in [2.75, 3.05) is 0 Å². The Bertz CT molecular complexity index is 191. The molecule has 1 nitrogen and oxygen atoms in total. The average Bonchev–Trinajstić information content (AvgIpc) is 1.97. The normalized spacial score (nSPS) is 12.5. The van der Waals surface area contributed by atoms with E-state index in [2.05, 4.69) is 19.9 Å². The zero-order chi connectivity index (χ0) is 8.69. The maximum absolute atomic E-state index is 8.47. The molecule has 11 heavy (non-hydrogen) atoms. The van der Waals surface area contributed by atoms with Gasteiger partial charge in [0.15, 0.2) is 0 Å². The topological polar surface area (TPSA) is 23.8 Å². The zero-order valence-electron chi connectivity index (χ0n) is 7.46. The van der Waals surface area contributed by atoms with Crippen LogP contribution in [-0.4, -0.2) is 0 Å². The quantitative estimate of drug-likeness (QED) is 0.566. The fraction of sp³-hybridized carbons (Fsp3) is 0.500. The summed E-state index contributed by atoms with van der Waals surface area (Å²) < 4.78 is 0. The molecule has 0 spiro atoms. The van der Waals surface area contributed by atoms with Gasteiger partial charge in [0.05, 0.1) is 12.5 Å². The highest BCUT2D eigenvalue weighted by atomic mass is 14.2. The van der Waals surface area contributed by atoms with E-state index in [0.717, 1.165) is 0 Å². The van der Waals surface area contributed by atoms with Crippen molar-refractivity contribution in [1.29, 1.82) is 5.26 Å². The average molecular weight is 149 g/mol. The molecule has 0 aromatic rings. The fourth-order valence-corrected chi connectivity index (χ4v) is 0.767. The lowest BCUT2D eigenvalue weighted by atomic mass is 10.0. The van der Waals surface area contributed by atoms with Crippen LogP contribution < -0.4 is 0 Å². The molecule has 0 radical (unpaired) electrons. The van der Waals surface area contributed by atoms with Crippen molar-refractivity contribution in [3.63, 3.8) is 0 Å². The van der Waals surface area contributed by atoms with Gasteiger partial charge in [0, 0.05) is 0 Å². The number of nitriles is 1. The van der Waals surface area contributed by atoms with E-state index in [0.29, 0.717) is 12.3 Å². The third-order valence-corrected chi connectivity index (χ3v) is 1.53. The molecule has 0 aromatic carbocycles. The highest BCUT2D eigenvalue weighted by Gasteiger charge is 1.99. The van der Waals surface area contributed by atoms with Gasteiger partial charge >= 0.3 is 0 Å². The summed E-state index contributed by atoms with van der Waals surface area (Å²) in [5.41, 5.74) is 1.20. The number of nitrogens with zero attached hydrogens (tertiary/aromatic N) is 1. The summed E-state index contributed by atoms with van der Waals surface area (Å²) in [7, 11) is 0. The Morgan fingerprint density at radius 1 is 1.55 bits per heavy atom. The molecular formula is C10H15N. The van der Waals surface area contributed by atoms with E-state index in [-0.39, 0.29) is 0 Å². The fourth-order valence-electron chi connectivity index (χ4n) is 0.767. The Morgan fingerprint density at radius 3 is 2.55 bits per heavy atom. The lowest BCUT2D eigenvalue weighted by Gasteiger charge is -2.04. The lowest BCUT2D eigenvalue weighted by molar-refractivity contribution is 0.750. The maximum atomic E-state index is 8.47. The molecule has 0 aliphatic heterocycles. The van der Waals surface area contributed by atoms with Gasteiger partial charge in [0.2, 0.25) is 0 Å². The minimum atomic E-state index is 0.478. The van der Waals surface area contributed by atoms with Gasteiger partial charge in [-0.25, -0.2) is 0 Å². The minimum Gasteiger partial charge on any atom is -0.198 e. The van der Waals surface area contributed by atoms with Crippen LogP contribution in [0.2, 0.25) is 0 Å². The first kappa shape index (κ1) is 9.97. The Kier molecular flexibility index (Phi) is 5.20. The molecule has 0 fully saturated rings. The summed E-state index contributed by atoms with van der Waals surface area (Å²) in [4.78, 5) is 0. The molecule has 0 aromatic heterocycles. The third-order valence-electron chi connectivity index (χ3n) is 1.53. The summed E-state index contributed by atoms with van der Waals surface area (Å²) >= 11 is 0. The van der Waals surface area contributed by atoms with Crippen molar-refractivity contribution >= 4 is 0 Å². The molecule has 1 heteroatoms. The van der Waals surface area contributed by atoms with Crippen LogP contribution in [0.4, 0.5) is 0 Å². The number of rotatable bonds is 3. The van der Waals surface area contributed by atoms with Crippen LogP contribution in [0.25, 0.3) is 0 Å². The standard InChI is InChI=1S/C10H15N/c1-4-5-6-10(7-8-11)9(2)3/h4-6,9H,7H2,1-3H3/b5-4-,10-6+. The summed E-state index contributed by atoms with van der Waals surface area (Å²) in [6.45, 7) is 6.18. The van der Waals surface area contributed by atoms with E-state index in [1.807, 2.05) is 25.2 Å². The van der Waals surface area contributed by atoms with Crippen LogP contribution in [0.1, 0.15) is 27.2 Å². The minimum absolute atomic E-state index is 0.478. The molecule has 0 atom stereocenters. The lowest BCUT2D eigenvalue weighted by Crippen LogP contribution is -1.91. The predicted octanol–water partition coefficient (Wildman–Crippen LogP) is 3.06. The highest BCUT2D eigenvalue weighted by Crippen LogP contribution is 2.12. The highest BCUT2D eigenvalue weighted by molar-refractivity contribution is 5.17. The van der Waals surface area contributed by atoms with Crippen LogP contribution in [0.15, 0.2) is 23.8 Å². The first-order valence-corrected chi connectivity index (χ1v) is 3.91. The molecule has 0 unspecified atom stereocenters. The van der Waals surface area contributed by atoms with Gasteiger partial charge in [-0.2, -0.15) is 5.26 Å². The van der Waals surface area contributed by atoms with Gasteiger partial charge in [-0.3, -0.25) is 0 Å². The van der Waals surface area contributed by atoms with Crippen molar-refractivity contribution in [2.24, 2.45) is 5.92 Å². The molecule has 60 valence electrons. The first-order chi connectivity index (χ1) is 5.22. The van der Waals surface area contributed by atoms with Crippen molar-refractivity contribution < 1.29 is 0 Å². The second kappa shape index (κ2) is 5.73. The Balaban J connectivity index is 4.22. The molecule has 0 bridgehead atoms. The molecule has 0 saturated carbocycles. The molecule has 0 aliphatic carbocycles. The van der Waals surface area contributed by atoms with Crippen LogP contribution in [0.5, 0.6) is 0 Å². The van der Waals surface area contributed by atoms with Gasteiger partial charge in [0.1, 0.15) is 0 Å². The second-order valence-electron chi connectivity index (χ2n) is 2.76. The molecule has 0 N–H and O–H groups in total. The predicted molar refractivity (Wildman–Crippen MR) is 48.0 cm³/mol. The zero-order valence-corrected chi connectivity index (χ0v) is 7.46. The summed E-state index contributed by atoms with van der Waals surface area (Å²) in [5, 5.41) is 8.47. The third kappa shape index (κ3) is 4.38. The van der Waals surface area contributed by atoms with Crippen LogP contribution in [0, 0.1) is 17.2 Å². The van der Waals surface area contributed by atoms with Gasteiger partial charge in [0.25, 0.3) is 0 Å².